The molecule has 0 radical (unpaired) electrons. The highest BCUT2D eigenvalue weighted by Gasteiger charge is 2.14. The lowest BCUT2D eigenvalue weighted by Crippen LogP contribution is -2.00. The molecule has 0 spiro atoms. The molecule has 116 valence electrons. The van der Waals surface area contributed by atoms with Crippen molar-refractivity contribution in [3.8, 4) is 0 Å². The van der Waals surface area contributed by atoms with Gasteiger partial charge in [-0.3, -0.25) is 10.1 Å². The van der Waals surface area contributed by atoms with Crippen molar-refractivity contribution in [1.82, 2.24) is 19.9 Å². The molecule has 0 aliphatic rings. The zero-order valence-electron chi connectivity index (χ0n) is 11.7. The molecule has 0 atom stereocenters. The summed E-state index contributed by atoms with van der Waals surface area (Å²) in [6, 6.07) is 4.42. The molecule has 0 amide bonds. The Bertz CT molecular complexity index is 907. The fraction of sp³-hybridized carbons (Fsp3) is 0.0769. The van der Waals surface area contributed by atoms with E-state index < -0.39 is 4.92 Å². The number of nitrogens with zero attached hydrogens (tertiary/aromatic N) is 5. The monoisotopic (exact) mass is 348 g/mol. The second kappa shape index (κ2) is 6.31. The van der Waals surface area contributed by atoms with Crippen LogP contribution in [0.1, 0.15) is 0 Å². The van der Waals surface area contributed by atoms with Gasteiger partial charge < -0.3 is 5.32 Å². The van der Waals surface area contributed by atoms with Crippen LogP contribution >= 0.6 is 23.4 Å². The standard InChI is InChI=1S/C13H9ClN6O2S/c1-23-13-15-5-9-11(19-13)12(17-6-16-9)18-7-2-3-8(14)10(4-7)20(21)22/h2-6H,1H3,(H,16,17,18). The van der Waals surface area contributed by atoms with Crippen LogP contribution in [0.25, 0.3) is 11.0 Å². The molecular formula is C13H9ClN6O2S. The molecule has 10 heteroatoms. The van der Waals surface area contributed by atoms with Crippen molar-refractivity contribution < 1.29 is 4.92 Å². The molecule has 0 saturated heterocycles. The SMILES string of the molecule is CSc1ncc2ncnc(Nc3ccc(Cl)c([N+](=O)[O-])c3)c2n1. The highest BCUT2D eigenvalue weighted by atomic mass is 35.5. The van der Waals surface area contributed by atoms with E-state index in [1.54, 1.807) is 12.3 Å². The molecule has 0 aliphatic carbocycles. The molecule has 3 rings (SSSR count). The van der Waals surface area contributed by atoms with Gasteiger partial charge in [-0.25, -0.2) is 19.9 Å². The van der Waals surface area contributed by atoms with E-state index in [9.17, 15) is 10.1 Å². The minimum absolute atomic E-state index is 0.0695. The van der Waals surface area contributed by atoms with Crippen LogP contribution in [-0.4, -0.2) is 31.1 Å². The van der Waals surface area contributed by atoms with Crippen molar-refractivity contribution in [3.05, 3.63) is 45.9 Å². The lowest BCUT2D eigenvalue weighted by molar-refractivity contribution is -0.384. The summed E-state index contributed by atoms with van der Waals surface area (Å²) in [5.41, 5.74) is 1.40. The number of rotatable bonds is 4. The maximum atomic E-state index is 11.0. The molecule has 0 bridgehead atoms. The Morgan fingerprint density at radius 2 is 2.13 bits per heavy atom. The van der Waals surface area contributed by atoms with Crippen LogP contribution in [0, 0.1) is 10.1 Å². The summed E-state index contributed by atoms with van der Waals surface area (Å²) in [4.78, 5) is 27.2. The largest absolute Gasteiger partial charge is 0.338 e. The van der Waals surface area contributed by atoms with Gasteiger partial charge in [-0.05, 0) is 18.4 Å². The third kappa shape index (κ3) is 3.15. The predicted molar refractivity (Wildman–Crippen MR) is 88.3 cm³/mol. The number of anilines is 2. The van der Waals surface area contributed by atoms with E-state index >= 15 is 0 Å². The van der Waals surface area contributed by atoms with Gasteiger partial charge in [0.25, 0.3) is 5.69 Å². The number of halogens is 1. The molecule has 0 fully saturated rings. The van der Waals surface area contributed by atoms with E-state index in [1.165, 1.54) is 30.2 Å². The van der Waals surface area contributed by atoms with Crippen LogP contribution in [0.3, 0.4) is 0 Å². The van der Waals surface area contributed by atoms with E-state index in [0.717, 1.165) is 0 Å². The fourth-order valence-electron chi connectivity index (χ4n) is 1.89. The zero-order valence-corrected chi connectivity index (χ0v) is 13.3. The first-order valence-electron chi connectivity index (χ1n) is 6.31. The quantitative estimate of drug-likeness (QED) is 0.330. The van der Waals surface area contributed by atoms with E-state index in [4.69, 9.17) is 11.6 Å². The van der Waals surface area contributed by atoms with Gasteiger partial charge in [0.05, 0.1) is 11.1 Å². The zero-order chi connectivity index (χ0) is 16.4. The summed E-state index contributed by atoms with van der Waals surface area (Å²) < 4.78 is 0. The first kappa shape index (κ1) is 15.4. The maximum Gasteiger partial charge on any atom is 0.289 e. The topological polar surface area (TPSA) is 107 Å². The predicted octanol–water partition coefficient (Wildman–Crippen LogP) is 3.45. The summed E-state index contributed by atoms with van der Waals surface area (Å²) in [5.74, 6) is 0.435. The number of hydrogen-bond acceptors (Lipinski definition) is 8. The molecule has 3 aromatic rings. The third-order valence-corrected chi connectivity index (χ3v) is 3.82. The molecule has 8 nitrogen and oxygen atoms in total. The Balaban J connectivity index is 2.04. The van der Waals surface area contributed by atoms with E-state index in [1.807, 2.05) is 6.26 Å². The van der Waals surface area contributed by atoms with Crippen molar-refractivity contribution in [1.29, 1.82) is 0 Å². The normalized spacial score (nSPS) is 10.7. The molecule has 0 saturated carbocycles. The number of nitro benzene ring substituents is 1. The van der Waals surface area contributed by atoms with Gasteiger partial charge in [-0.1, -0.05) is 23.4 Å². The second-order valence-electron chi connectivity index (χ2n) is 4.36. The molecule has 2 heterocycles. The Kier molecular flexibility index (Phi) is 4.22. The molecule has 0 unspecified atom stereocenters. The number of nitrogens with one attached hydrogen (secondary N) is 1. The summed E-state index contributed by atoms with van der Waals surface area (Å²) in [7, 11) is 0. The van der Waals surface area contributed by atoms with Gasteiger partial charge in [0.15, 0.2) is 11.0 Å². The van der Waals surface area contributed by atoms with Gasteiger partial charge >= 0.3 is 0 Å². The molecule has 1 N–H and O–H groups in total. The number of fused-ring (bicyclic) bond motifs is 1. The lowest BCUT2D eigenvalue weighted by atomic mass is 10.2. The van der Waals surface area contributed by atoms with Gasteiger partial charge in [-0.15, -0.1) is 0 Å². The van der Waals surface area contributed by atoms with E-state index in [0.29, 0.717) is 27.7 Å². The highest BCUT2D eigenvalue weighted by Crippen LogP contribution is 2.29. The number of benzene rings is 1. The number of nitro groups is 1. The minimum atomic E-state index is -0.542. The molecule has 0 aliphatic heterocycles. The number of hydrogen-bond donors (Lipinski definition) is 1. The first-order chi connectivity index (χ1) is 11.1. The molecule has 2 aromatic heterocycles. The van der Waals surface area contributed by atoms with Crippen molar-refractivity contribution >= 4 is 51.6 Å². The van der Waals surface area contributed by atoms with Crippen LogP contribution in [0.2, 0.25) is 5.02 Å². The average molecular weight is 349 g/mol. The molecular weight excluding hydrogens is 340 g/mol. The van der Waals surface area contributed by atoms with Crippen molar-refractivity contribution in [2.24, 2.45) is 0 Å². The Morgan fingerprint density at radius 3 is 2.87 bits per heavy atom. The molecule has 1 aromatic carbocycles. The first-order valence-corrected chi connectivity index (χ1v) is 7.91. The Morgan fingerprint density at radius 1 is 1.30 bits per heavy atom. The number of thioether (sulfide) groups is 1. The Labute approximate surface area is 139 Å². The summed E-state index contributed by atoms with van der Waals surface area (Å²) >= 11 is 7.21. The third-order valence-electron chi connectivity index (χ3n) is 2.94. The summed E-state index contributed by atoms with van der Waals surface area (Å²) in [6.07, 6.45) is 4.84. The minimum Gasteiger partial charge on any atom is -0.338 e. The van der Waals surface area contributed by atoms with Gasteiger partial charge in [0, 0.05) is 11.8 Å². The van der Waals surface area contributed by atoms with Gasteiger partial charge in [0.1, 0.15) is 22.4 Å². The van der Waals surface area contributed by atoms with Crippen LogP contribution < -0.4 is 5.32 Å². The van der Waals surface area contributed by atoms with E-state index in [-0.39, 0.29) is 10.7 Å². The van der Waals surface area contributed by atoms with Crippen LogP contribution in [-0.2, 0) is 0 Å². The average Bonchev–Trinajstić information content (AvgIpc) is 2.56. The lowest BCUT2D eigenvalue weighted by Gasteiger charge is -2.08. The maximum absolute atomic E-state index is 11.0. The van der Waals surface area contributed by atoms with Crippen LogP contribution in [0.5, 0.6) is 0 Å². The second-order valence-corrected chi connectivity index (χ2v) is 5.54. The molecule has 23 heavy (non-hydrogen) atoms. The highest BCUT2D eigenvalue weighted by molar-refractivity contribution is 7.98. The van der Waals surface area contributed by atoms with Crippen molar-refractivity contribution in [2.75, 3.05) is 11.6 Å². The smallest absolute Gasteiger partial charge is 0.289 e. The van der Waals surface area contributed by atoms with E-state index in [2.05, 4.69) is 25.3 Å². The van der Waals surface area contributed by atoms with Crippen LogP contribution in [0.4, 0.5) is 17.2 Å². The van der Waals surface area contributed by atoms with Crippen LogP contribution in [0.15, 0.2) is 35.9 Å². The summed E-state index contributed by atoms with van der Waals surface area (Å²) in [5, 5.41) is 14.6. The fourth-order valence-corrected chi connectivity index (χ4v) is 2.42. The van der Waals surface area contributed by atoms with Crippen molar-refractivity contribution in [3.63, 3.8) is 0 Å². The Hall–Kier alpha value is -2.52. The summed E-state index contributed by atoms with van der Waals surface area (Å²) in [6.45, 7) is 0. The van der Waals surface area contributed by atoms with Gasteiger partial charge in [-0.2, -0.15) is 0 Å². The van der Waals surface area contributed by atoms with Gasteiger partial charge in [0.2, 0.25) is 0 Å². The number of aromatic nitrogens is 4. The van der Waals surface area contributed by atoms with Crippen molar-refractivity contribution in [2.45, 2.75) is 5.16 Å².